The third-order valence-corrected chi connectivity index (χ3v) is 3.74. The van der Waals surface area contributed by atoms with Gasteiger partial charge in [-0.15, -0.1) is 9.73 Å². The molecule has 0 radical (unpaired) electrons. The van der Waals surface area contributed by atoms with Gasteiger partial charge < -0.3 is 15.2 Å². The number of methoxy groups -OCH3 is 1. The first-order valence-corrected chi connectivity index (χ1v) is 7.83. The number of hydrogen-bond donors (Lipinski definition) is 2. The van der Waals surface area contributed by atoms with Crippen molar-refractivity contribution in [2.75, 3.05) is 12.4 Å². The van der Waals surface area contributed by atoms with Gasteiger partial charge in [0.1, 0.15) is 5.69 Å². The molecule has 0 spiro atoms. The van der Waals surface area contributed by atoms with E-state index in [4.69, 9.17) is 4.74 Å². The maximum absolute atomic E-state index is 9.71. The highest BCUT2D eigenvalue weighted by Gasteiger charge is 2.17. The third-order valence-electron chi connectivity index (χ3n) is 3.74. The first kappa shape index (κ1) is 15.9. The second-order valence-corrected chi connectivity index (χ2v) is 5.36. The molecule has 0 fully saturated rings. The van der Waals surface area contributed by atoms with E-state index in [-0.39, 0.29) is 6.61 Å². The number of aromatic nitrogens is 6. The van der Waals surface area contributed by atoms with E-state index in [0.29, 0.717) is 34.3 Å². The molecule has 9 nitrogen and oxygen atoms in total. The van der Waals surface area contributed by atoms with Gasteiger partial charge in [0, 0.05) is 18.5 Å². The molecule has 0 aliphatic heterocycles. The van der Waals surface area contributed by atoms with Crippen LogP contribution in [0.5, 0.6) is 5.88 Å². The zero-order valence-electron chi connectivity index (χ0n) is 13.9. The fourth-order valence-corrected chi connectivity index (χ4v) is 2.59. The van der Waals surface area contributed by atoms with Crippen molar-refractivity contribution in [3.63, 3.8) is 0 Å². The lowest BCUT2D eigenvalue weighted by molar-refractivity contribution is 0.276. The lowest BCUT2D eigenvalue weighted by Gasteiger charge is -2.06. The Morgan fingerprint density at radius 2 is 2.08 bits per heavy atom. The van der Waals surface area contributed by atoms with Crippen molar-refractivity contribution in [1.82, 2.24) is 29.8 Å². The summed E-state index contributed by atoms with van der Waals surface area (Å²) in [5, 5.41) is 21.4. The Kier molecular flexibility index (Phi) is 4.12. The van der Waals surface area contributed by atoms with E-state index in [1.165, 1.54) is 11.7 Å². The van der Waals surface area contributed by atoms with Gasteiger partial charge >= 0.3 is 0 Å². The molecule has 0 bridgehead atoms. The summed E-state index contributed by atoms with van der Waals surface area (Å²) in [6.45, 7) is -0.240. The van der Waals surface area contributed by atoms with E-state index in [9.17, 15) is 5.11 Å². The molecule has 26 heavy (non-hydrogen) atoms. The monoisotopic (exact) mass is 349 g/mol. The van der Waals surface area contributed by atoms with Crippen LogP contribution in [0.1, 0.15) is 5.69 Å². The Hall–Kier alpha value is -3.59. The number of ether oxygens (including phenoxy) is 1. The van der Waals surface area contributed by atoms with Crippen molar-refractivity contribution in [2.24, 2.45) is 0 Å². The average molecular weight is 349 g/mol. The lowest BCUT2D eigenvalue weighted by Crippen LogP contribution is -1.99. The van der Waals surface area contributed by atoms with Crippen molar-refractivity contribution in [1.29, 1.82) is 0 Å². The smallest absolute Gasteiger partial charge is 0.233 e. The zero-order valence-corrected chi connectivity index (χ0v) is 13.9. The van der Waals surface area contributed by atoms with E-state index < -0.39 is 0 Å². The van der Waals surface area contributed by atoms with Gasteiger partial charge in [-0.3, -0.25) is 4.98 Å². The number of aliphatic hydroxyl groups excluding tert-OH is 1. The van der Waals surface area contributed by atoms with Crippen LogP contribution in [-0.2, 0) is 6.61 Å². The van der Waals surface area contributed by atoms with Crippen molar-refractivity contribution in [3.8, 4) is 17.1 Å². The van der Waals surface area contributed by atoms with Crippen LogP contribution in [0.2, 0.25) is 0 Å². The van der Waals surface area contributed by atoms with Crippen molar-refractivity contribution in [3.05, 3.63) is 54.6 Å². The topological polar surface area (TPSA) is 110 Å². The summed E-state index contributed by atoms with van der Waals surface area (Å²) < 4.78 is 6.55. The Labute approximate surface area is 148 Å². The van der Waals surface area contributed by atoms with Crippen LogP contribution < -0.4 is 10.1 Å². The van der Waals surface area contributed by atoms with Crippen molar-refractivity contribution >= 4 is 17.2 Å². The van der Waals surface area contributed by atoms with E-state index in [1.807, 2.05) is 18.2 Å². The largest absolute Gasteiger partial charge is 0.480 e. The minimum absolute atomic E-state index is 0.240. The maximum Gasteiger partial charge on any atom is 0.233 e. The normalized spacial score (nSPS) is 10.8. The predicted molar refractivity (Wildman–Crippen MR) is 94.0 cm³/mol. The molecule has 4 aromatic rings. The lowest BCUT2D eigenvalue weighted by atomic mass is 10.1. The molecule has 0 aliphatic rings. The summed E-state index contributed by atoms with van der Waals surface area (Å²) >= 11 is 0. The Morgan fingerprint density at radius 1 is 1.15 bits per heavy atom. The Morgan fingerprint density at radius 3 is 2.85 bits per heavy atom. The number of pyridine rings is 1. The molecular weight excluding hydrogens is 334 g/mol. The quantitative estimate of drug-likeness (QED) is 0.561. The summed E-state index contributed by atoms with van der Waals surface area (Å²) in [6.07, 6.45) is 5.01. The predicted octanol–water partition coefficient (Wildman–Crippen LogP) is 1.83. The van der Waals surface area contributed by atoms with E-state index >= 15 is 0 Å². The first-order valence-electron chi connectivity index (χ1n) is 7.83. The number of nitrogens with zero attached hydrogens (tertiary/aromatic N) is 6. The summed E-state index contributed by atoms with van der Waals surface area (Å²) in [7, 11) is 1.53. The minimum Gasteiger partial charge on any atom is -0.480 e. The second-order valence-electron chi connectivity index (χ2n) is 5.36. The molecule has 0 unspecified atom stereocenters. The van der Waals surface area contributed by atoms with Crippen molar-refractivity contribution in [2.45, 2.75) is 6.61 Å². The molecule has 4 aromatic heterocycles. The van der Waals surface area contributed by atoms with Crippen LogP contribution in [0.4, 0.5) is 11.6 Å². The van der Waals surface area contributed by atoms with Crippen molar-refractivity contribution < 1.29 is 9.84 Å². The Balaban J connectivity index is 1.78. The van der Waals surface area contributed by atoms with Gasteiger partial charge in [-0.25, -0.2) is 9.97 Å². The number of aliphatic hydroxyl groups is 1. The van der Waals surface area contributed by atoms with Gasteiger partial charge in [-0.2, -0.15) is 5.10 Å². The molecule has 4 rings (SSSR count). The molecule has 0 aromatic carbocycles. The number of rotatable bonds is 5. The van der Waals surface area contributed by atoms with Crippen LogP contribution in [0.25, 0.3) is 16.8 Å². The fraction of sp³-hybridized carbons (Fsp3) is 0.118. The molecule has 9 heteroatoms. The molecule has 0 saturated heterocycles. The fourth-order valence-electron chi connectivity index (χ4n) is 2.59. The molecule has 0 aliphatic carbocycles. The summed E-state index contributed by atoms with van der Waals surface area (Å²) in [4.78, 5) is 12.8. The van der Waals surface area contributed by atoms with Gasteiger partial charge in [0.2, 0.25) is 11.8 Å². The van der Waals surface area contributed by atoms with E-state index in [1.54, 1.807) is 30.7 Å². The minimum atomic E-state index is -0.240. The van der Waals surface area contributed by atoms with Gasteiger partial charge in [0.25, 0.3) is 0 Å². The summed E-state index contributed by atoms with van der Waals surface area (Å²) in [5.74, 6) is 0.845. The van der Waals surface area contributed by atoms with Crippen LogP contribution >= 0.6 is 0 Å². The summed E-state index contributed by atoms with van der Waals surface area (Å²) in [5.41, 5.74) is 3.27. The molecule has 2 N–H and O–H groups in total. The molecule has 130 valence electrons. The number of fused-ring (bicyclic) bond motifs is 1. The van der Waals surface area contributed by atoms with Gasteiger partial charge in [-0.05, 0) is 24.3 Å². The van der Waals surface area contributed by atoms with Crippen LogP contribution in [0.3, 0.4) is 0 Å². The molecule has 0 atom stereocenters. The van der Waals surface area contributed by atoms with E-state index in [2.05, 4.69) is 30.5 Å². The highest BCUT2D eigenvalue weighted by atomic mass is 16.5. The molecule has 4 heterocycles. The second kappa shape index (κ2) is 6.73. The molecular formula is C17H15N7O2. The van der Waals surface area contributed by atoms with Crippen LogP contribution in [0.15, 0.2) is 48.9 Å². The highest BCUT2D eigenvalue weighted by molar-refractivity contribution is 5.80. The Bertz CT molecular complexity index is 1050. The zero-order chi connectivity index (χ0) is 17.9. The van der Waals surface area contributed by atoms with Gasteiger partial charge in [-0.1, -0.05) is 0 Å². The number of nitrogens with one attached hydrogen (secondary N) is 1. The van der Waals surface area contributed by atoms with E-state index in [0.717, 1.165) is 5.69 Å². The first-order chi connectivity index (χ1) is 12.8. The SMILES string of the molecule is COc1ccc2c(-c3ccnc(Nc4cccnc4)n3)c(CO)nn2n1. The van der Waals surface area contributed by atoms with Crippen LogP contribution in [0, 0.1) is 0 Å². The standard InChI is InChI=1S/C17H15N7O2/c1-26-15-5-4-14-16(13(10-25)22-24(14)23-15)12-6-8-19-17(21-12)20-11-3-2-7-18-9-11/h2-9,25H,10H2,1H3,(H,19,20,21). The summed E-state index contributed by atoms with van der Waals surface area (Å²) in [6, 6.07) is 9.00. The van der Waals surface area contributed by atoms with Gasteiger partial charge in [0.05, 0.1) is 42.4 Å². The average Bonchev–Trinajstić information content (AvgIpc) is 3.06. The molecule has 0 saturated carbocycles. The molecule has 0 amide bonds. The number of hydrogen-bond acceptors (Lipinski definition) is 8. The van der Waals surface area contributed by atoms with Gasteiger partial charge in [0.15, 0.2) is 0 Å². The number of anilines is 2. The van der Waals surface area contributed by atoms with Crippen LogP contribution in [-0.4, -0.2) is 42.0 Å². The maximum atomic E-state index is 9.71. The highest BCUT2D eigenvalue weighted by Crippen LogP contribution is 2.28. The third kappa shape index (κ3) is 2.91.